The van der Waals surface area contributed by atoms with Gasteiger partial charge in [-0.2, -0.15) is 5.10 Å². The lowest BCUT2D eigenvalue weighted by molar-refractivity contribution is 0.181. The lowest BCUT2D eigenvalue weighted by Crippen LogP contribution is -2.07. The number of rotatable bonds is 4. The molecule has 5 nitrogen and oxygen atoms in total. The number of para-hydroxylation sites is 1. The van der Waals surface area contributed by atoms with E-state index in [0.29, 0.717) is 23.3 Å². The molecule has 0 aliphatic heterocycles. The minimum absolute atomic E-state index is 0.0653. The first-order valence-electron chi connectivity index (χ1n) is 8.43. The topological polar surface area (TPSA) is 59.9 Å². The highest BCUT2D eigenvalue weighted by molar-refractivity contribution is 5.92. The Kier molecular flexibility index (Phi) is 4.14. The summed E-state index contributed by atoms with van der Waals surface area (Å²) in [5, 5.41) is 5.36. The van der Waals surface area contributed by atoms with Crippen LogP contribution in [0.15, 0.2) is 65.5 Å². The number of fused-ring (bicyclic) bond motifs is 1. The third-order valence-corrected chi connectivity index (χ3v) is 4.31. The van der Waals surface area contributed by atoms with E-state index in [1.807, 2.05) is 61.5 Å². The summed E-state index contributed by atoms with van der Waals surface area (Å²) in [5.41, 5.74) is 4.95. The summed E-state index contributed by atoms with van der Waals surface area (Å²) in [5.74, 6) is 0. The number of pyridine rings is 1. The molecule has 2 aromatic heterocycles. The molecule has 0 radical (unpaired) electrons. The molecule has 4 rings (SSSR count). The maximum Gasteiger partial charge on any atom is 0.193 e. The largest absolute Gasteiger partial charge is 0.378 e. The second-order valence-electron chi connectivity index (χ2n) is 6.28. The Morgan fingerprint density at radius 1 is 1.08 bits per heavy atom. The predicted molar refractivity (Wildman–Crippen MR) is 103 cm³/mol. The Morgan fingerprint density at radius 2 is 1.88 bits per heavy atom. The number of aryl methyl sites for hydroxylation is 1. The molecule has 130 valence electrons. The number of benzene rings is 2. The number of H-pyrrole nitrogens is 1. The second-order valence-corrected chi connectivity index (χ2v) is 6.28. The summed E-state index contributed by atoms with van der Waals surface area (Å²) >= 11 is 0. The number of hydrogen-bond donors (Lipinski definition) is 1. The van der Waals surface area contributed by atoms with Gasteiger partial charge in [0, 0.05) is 24.4 Å². The van der Waals surface area contributed by atoms with Crippen LogP contribution in [-0.2, 0) is 11.3 Å². The molecular weight excluding hydrogens is 326 g/mol. The normalized spacial score (nSPS) is 11.2. The number of methoxy groups -OCH3 is 1. The van der Waals surface area contributed by atoms with Crippen molar-refractivity contribution in [2.75, 3.05) is 7.11 Å². The van der Waals surface area contributed by atoms with Crippen molar-refractivity contribution in [1.82, 2.24) is 14.8 Å². The summed E-state index contributed by atoms with van der Waals surface area (Å²) in [4.78, 5) is 16.2. The van der Waals surface area contributed by atoms with Gasteiger partial charge in [-0.3, -0.25) is 4.79 Å². The Morgan fingerprint density at radius 3 is 2.62 bits per heavy atom. The van der Waals surface area contributed by atoms with Crippen LogP contribution in [0.2, 0.25) is 0 Å². The highest BCUT2D eigenvalue weighted by Gasteiger charge is 2.18. The van der Waals surface area contributed by atoms with Crippen LogP contribution >= 0.6 is 0 Å². The van der Waals surface area contributed by atoms with Gasteiger partial charge in [-0.15, -0.1) is 0 Å². The number of ether oxygens (including phenoxy) is 1. The zero-order valence-corrected chi connectivity index (χ0v) is 14.7. The Hall–Kier alpha value is -3.18. The highest BCUT2D eigenvalue weighted by Crippen LogP contribution is 2.27. The van der Waals surface area contributed by atoms with E-state index >= 15 is 0 Å². The van der Waals surface area contributed by atoms with Crippen LogP contribution in [0.4, 0.5) is 0 Å². The molecule has 0 atom stereocenters. The summed E-state index contributed by atoms with van der Waals surface area (Å²) in [6.45, 7) is 2.37. The smallest absolute Gasteiger partial charge is 0.193 e. The molecule has 5 heteroatoms. The summed E-state index contributed by atoms with van der Waals surface area (Å²) in [6.07, 6.45) is 0. The van der Waals surface area contributed by atoms with Crippen LogP contribution < -0.4 is 5.43 Å². The Bertz CT molecular complexity index is 1130. The molecule has 0 unspecified atom stereocenters. The van der Waals surface area contributed by atoms with E-state index < -0.39 is 0 Å². The SMILES string of the molecule is COCc1cc(=O)c2c(-c3cccc(C)c3)nn(-c3ccccc3)c2[nH]1. The fourth-order valence-corrected chi connectivity index (χ4v) is 3.17. The molecule has 0 spiro atoms. The van der Waals surface area contributed by atoms with Crippen LogP contribution in [0.1, 0.15) is 11.3 Å². The number of aromatic amines is 1. The third-order valence-electron chi connectivity index (χ3n) is 4.31. The van der Waals surface area contributed by atoms with E-state index in [4.69, 9.17) is 9.84 Å². The first-order chi connectivity index (χ1) is 12.7. The molecule has 0 bridgehead atoms. The molecule has 0 aliphatic rings. The average molecular weight is 345 g/mol. The zero-order chi connectivity index (χ0) is 18.1. The van der Waals surface area contributed by atoms with Crippen molar-refractivity contribution in [3.63, 3.8) is 0 Å². The van der Waals surface area contributed by atoms with Gasteiger partial charge in [0.25, 0.3) is 0 Å². The number of aromatic nitrogens is 3. The quantitative estimate of drug-likeness (QED) is 0.611. The summed E-state index contributed by atoms with van der Waals surface area (Å²) in [7, 11) is 1.61. The Balaban J connectivity index is 2.06. The van der Waals surface area contributed by atoms with E-state index in [1.54, 1.807) is 17.9 Å². The molecule has 2 heterocycles. The van der Waals surface area contributed by atoms with Gasteiger partial charge in [0.1, 0.15) is 11.3 Å². The van der Waals surface area contributed by atoms with Crippen molar-refractivity contribution in [3.05, 3.63) is 82.1 Å². The van der Waals surface area contributed by atoms with Crippen molar-refractivity contribution in [2.45, 2.75) is 13.5 Å². The molecule has 2 aromatic carbocycles. The van der Waals surface area contributed by atoms with Gasteiger partial charge in [0.2, 0.25) is 0 Å². The minimum atomic E-state index is -0.0653. The standard InChI is InChI=1S/C21H19N3O2/c1-14-7-6-8-15(11-14)20-19-18(25)12-16(13-26-2)22-21(19)24(23-20)17-9-4-3-5-10-17/h3-12H,13H2,1-2H3,(H,22,25). The fourth-order valence-electron chi connectivity index (χ4n) is 3.17. The lowest BCUT2D eigenvalue weighted by atomic mass is 10.1. The van der Waals surface area contributed by atoms with Crippen LogP contribution in [0.5, 0.6) is 0 Å². The van der Waals surface area contributed by atoms with Crippen molar-refractivity contribution in [2.24, 2.45) is 0 Å². The predicted octanol–water partition coefficient (Wildman–Crippen LogP) is 3.84. The van der Waals surface area contributed by atoms with Crippen molar-refractivity contribution in [3.8, 4) is 16.9 Å². The van der Waals surface area contributed by atoms with Gasteiger partial charge in [-0.25, -0.2) is 4.68 Å². The zero-order valence-electron chi connectivity index (χ0n) is 14.7. The maximum absolute atomic E-state index is 12.9. The van der Waals surface area contributed by atoms with Gasteiger partial charge in [0.05, 0.1) is 17.7 Å². The maximum atomic E-state index is 12.9. The second kappa shape index (κ2) is 6.61. The van der Waals surface area contributed by atoms with Gasteiger partial charge in [-0.1, -0.05) is 42.0 Å². The van der Waals surface area contributed by atoms with Crippen LogP contribution in [-0.4, -0.2) is 21.9 Å². The molecule has 0 aliphatic carbocycles. The number of nitrogens with zero attached hydrogens (tertiary/aromatic N) is 2. The average Bonchev–Trinajstić information content (AvgIpc) is 3.03. The summed E-state index contributed by atoms with van der Waals surface area (Å²) < 4.78 is 6.97. The number of hydrogen-bond acceptors (Lipinski definition) is 3. The third kappa shape index (κ3) is 2.82. The molecule has 0 saturated carbocycles. The Labute approximate surface area is 150 Å². The monoisotopic (exact) mass is 345 g/mol. The minimum Gasteiger partial charge on any atom is -0.378 e. The van der Waals surface area contributed by atoms with Gasteiger partial charge in [-0.05, 0) is 25.1 Å². The molecule has 4 aromatic rings. The van der Waals surface area contributed by atoms with Crippen LogP contribution in [0, 0.1) is 6.92 Å². The van der Waals surface area contributed by atoms with E-state index in [1.165, 1.54) is 0 Å². The highest BCUT2D eigenvalue weighted by atomic mass is 16.5. The molecule has 0 saturated heterocycles. The van der Waals surface area contributed by atoms with Gasteiger partial charge in [0.15, 0.2) is 5.43 Å². The van der Waals surface area contributed by atoms with Crippen molar-refractivity contribution < 1.29 is 4.74 Å². The molecule has 26 heavy (non-hydrogen) atoms. The van der Waals surface area contributed by atoms with Gasteiger partial charge < -0.3 is 9.72 Å². The lowest BCUT2D eigenvalue weighted by Gasteiger charge is -2.05. The van der Waals surface area contributed by atoms with Gasteiger partial charge >= 0.3 is 0 Å². The van der Waals surface area contributed by atoms with Crippen molar-refractivity contribution in [1.29, 1.82) is 0 Å². The number of nitrogens with one attached hydrogen (secondary N) is 1. The van der Waals surface area contributed by atoms with Crippen LogP contribution in [0.25, 0.3) is 28.0 Å². The van der Waals surface area contributed by atoms with Crippen molar-refractivity contribution >= 4 is 11.0 Å². The molecule has 0 fully saturated rings. The first kappa shape index (κ1) is 16.3. The first-order valence-corrected chi connectivity index (χ1v) is 8.43. The van der Waals surface area contributed by atoms with E-state index in [-0.39, 0.29) is 5.43 Å². The molecule has 0 amide bonds. The van der Waals surface area contributed by atoms with E-state index in [9.17, 15) is 4.79 Å². The van der Waals surface area contributed by atoms with Crippen LogP contribution in [0.3, 0.4) is 0 Å². The van der Waals surface area contributed by atoms with E-state index in [0.717, 1.165) is 22.5 Å². The van der Waals surface area contributed by atoms with E-state index in [2.05, 4.69) is 4.98 Å². The molecule has 1 N–H and O–H groups in total. The summed E-state index contributed by atoms with van der Waals surface area (Å²) in [6, 6.07) is 19.4. The molecular formula is C21H19N3O2. The fraction of sp³-hybridized carbons (Fsp3) is 0.143.